The molecule has 1 aromatic rings. The van der Waals surface area contributed by atoms with Crippen molar-refractivity contribution in [3.8, 4) is 0 Å². The highest BCUT2D eigenvalue weighted by atomic mass is 79.9. The van der Waals surface area contributed by atoms with Crippen LogP contribution >= 0.6 is 27.5 Å². The Bertz CT molecular complexity index is 409. The second-order valence-corrected chi connectivity index (χ2v) is 5.27. The summed E-state index contributed by atoms with van der Waals surface area (Å²) in [6, 6.07) is 5.02. The van der Waals surface area contributed by atoms with Crippen molar-refractivity contribution < 1.29 is 9.53 Å². The average molecular weight is 321 g/mol. The lowest BCUT2D eigenvalue weighted by Gasteiger charge is -2.20. The fraction of sp³-hybridized carbons (Fsp3) is 0.417. The zero-order chi connectivity index (χ0) is 13.0. The minimum Gasteiger partial charge on any atom is -0.468 e. The lowest BCUT2D eigenvalue weighted by Crippen LogP contribution is -2.34. The Kier molecular flexibility index (Phi) is 5.43. The van der Waals surface area contributed by atoms with Gasteiger partial charge in [-0.25, -0.2) is 4.79 Å². The fourth-order valence-corrected chi connectivity index (χ4v) is 2.25. The van der Waals surface area contributed by atoms with Crippen molar-refractivity contribution >= 4 is 33.5 Å². The molecule has 0 aromatic heterocycles. The van der Waals surface area contributed by atoms with Gasteiger partial charge in [0.15, 0.2) is 0 Å². The number of nitrogens with one attached hydrogen (secondary N) is 1. The molecular formula is C12H15BrClNO2. The average Bonchev–Trinajstić information content (AvgIpc) is 2.25. The monoisotopic (exact) mass is 319 g/mol. The van der Waals surface area contributed by atoms with Gasteiger partial charge >= 0.3 is 5.97 Å². The van der Waals surface area contributed by atoms with Crippen molar-refractivity contribution in [3.63, 3.8) is 0 Å². The van der Waals surface area contributed by atoms with E-state index in [9.17, 15) is 4.79 Å². The van der Waals surface area contributed by atoms with Crippen LogP contribution in [-0.2, 0) is 9.53 Å². The number of halogens is 2. The maximum Gasteiger partial charge on any atom is 0.327 e. The maximum atomic E-state index is 11.7. The van der Waals surface area contributed by atoms with E-state index in [1.807, 2.05) is 26.0 Å². The van der Waals surface area contributed by atoms with Crippen molar-refractivity contribution in [3.05, 3.63) is 33.3 Å². The van der Waals surface area contributed by atoms with E-state index in [0.29, 0.717) is 5.02 Å². The van der Waals surface area contributed by atoms with Crippen LogP contribution in [0.15, 0.2) is 22.7 Å². The molecule has 0 aliphatic heterocycles. The molecular weight excluding hydrogens is 305 g/mol. The van der Waals surface area contributed by atoms with Gasteiger partial charge in [-0.2, -0.15) is 0 Å². The number of esters is 1. The molecule has 0 aliphatic rings. The number of ether oxygens (including phenoxy) is 1. The minimum absolute atomic E-state index is 0.152. The van der Waals surface area contributed by atoms with Gasteiger partial charge in [0.05, 0.1) is 7.11 Å². The lowest BCUT2D eigenvalue weighted by atomic mass is 10.1. The molecule has 0 radical (unpaired) electrons. The van der Waals surface area contributed by atoms with Gasteiger partial charge in [-0.1, -0.05) is 33.6 Å². The van der Waals surface area contributed by atoms with Crippen LogP contribution in [0.4, 0.5) is 0 Å². The van der Waals surface area contributed by atoms with E-state index >= 15 is 0 Å². The van der Waals surface area contributed by atoms with Crippen molar-refractivity contribution in [1.82, 2.24) is 5.32 Å². The summed E-state index contributed by atoms with van der Waals surface area (Å²) in [7, 11) is 1.37. The highest BCUT2D eigenvalue weighted by molar-refractivity contribution is 9.10. The predicted octanol–water partition coefficient (Wildman–Crippen LogP) is 3.31. The summed E-state index contributed by atoms with van der Waals surface area (Å²) in [5, 5.41) is 3.66. The molecule has 0 bridgehead atoms. The fourth-order valence-electron chi connectivity index (χ4n) is 1.47. The third kappa shape index (κ3) is 3.98. The molecule has 0 fully saturated rings. The molecule has 0 amide bonds. The number of hydrogen-bond acceptors (Lipinski definition) is 3. The first kappa shape index (κ1) is 14.5. The van der Waals surface area contributed by atoms with Crippen LogP contribution in [0.3, 0.4) is 0 Å². The summed E-state index contributed by atoms with van der Waals surface area (Å²) >= 11 is 9.46. The van der Waals surface area contributed by atoms with Gasteiger partial charge in [0.1, 0.15) is 6.04 Å². The maximum absolute atomic E-state index is 11.7. The van der Waals surface area contributed by atoms with Gasteiger partial charge in [-0.05, 0) is 31.5 Å². The van der Waals surface area contributed by atoms with Crippen molar-refractivity contribution in [2.24, 2.45) is 0 Å². The van der Waals surface area contributed by atoms with Crippen LogP contribution in [0.25, 0.3) is 0 Å². The first-order valence-electron chi connectivity index (χ1n) is 5.24. The van der Waals surface area contributed by atoms with Crippen molar-refractivity contribution in [2.45, 2.75) is 25.9 Å². The molecule has 0 saturated carbocycles. The molecule has 1 rings (SSSR count). The molecule has 0 saturated heterocycles. The Morgan fingerprint density at radius 2 is 2.12 bits per heavy atom. The smallest absolute Gasteiger partial charge is 0.327 e. The van der Waals surface area contributed by atoms with E-state index in [0.717, 1.165) is 10.0 Å². The van der Waals surface area contributed by atoms with Crippen LogP contribution in [0.1, 0.15) is 25.5 Å². The summed E-state index contributed by atoms with van der Waals surface area (Å²) in [6.45, 7) is 3.92. The van der Waals surface area contributed by atoms with Gasteiger partial charge in [-0.15, -0.1) is 0 Å². The molecule has 0 spiro atoms. The standard InChI is InChI=1S/C12H15BrClNO2/c1-7(2)15-11(12(16)17-3)9-5-4-8(13)6-10(9)14/h4-7,11,15H,1-3H3. The molecule has 0 heterocycles. The minimum atomic E-state index is -0.541. The van der Waals surface area contributed by atoms with E-state index in [1.165, 1.54) is 7.11 Å². The first-order chi connectivity index (χ1) is 7.95. The van der Waals surface area contributed by atoms with E-state index < -0.39 is 6.04 Å². The SMILES string of the molecule is COC(=O)C(NC(C)C)c1ccc(Br)cc1Cl. The van der Waals surface area contributed by atoms with Crippen molar-refractivity contribution in [2.75, 3.05) is 7.11 Å². The summed E-state index contributed by atoms with van der Waals surface area (Å²) in [5.74, 6) is -0.345. The van der Waals surface area contributed by atoms with E-state index in [4.69, 9.17) is 16.3 Å². The zero-order valence-electron chi connectivity index (χ0n) is 9.96. The third-order valence-corrected chi connectivity index (χ3v) is 3.03. The first-order valence-corrected chi connectivity index (χ1v) is 6.41. The predicted molar refractivity (Wildman–Crippen MR) is 72.2 cm³/mol. The number of carbonyl (C=O) groups is 1. The van der Waals surface area contributed by atoms with Crippen LogP contribution in [0.2, 0.25) is 5.02 Å². The molecule has 0 aliphatic carbocycles. The van der Waals surface area contributed by atoms with Gasteiger partial charge in [0.25, 0.3) is 0 Å². The van der Waals surface area contributed by atoms with E-state index in [1.54, 1.807) is 6.07 Å². The molecule has 3 nitrogen and oxygen atoms in total. The third-order valence-electron chi connectivity index (χ3n) is 2.21. The molecule has 1 aromatic carbocycles. The van der Waals surface area contributed by atoms with Crippen LogP contribution in [0, 0.1) is 0 Å². The quantitative estimate of drug-likeness (QED) is 0.865. The molecule has 5 heteroatoms. The lowest BCUT2D eigenvalue weighted by molar-refractivity contribution is -0.143. The molecule has 94 valence electrons. The largest absolute Gasteiger partial charge is 0.468 e. The summed E-state index contributed by atoms with van der Waals surface area (Å²) in [6.07, 6.45) is 0. The normalized spacial score (nSPS) is 12.6. The summed E-state index contributed by atoms with van der Waals surface area (Å²) in [5.41, 5.74) is 0.718. The number of rotatable bonds is 4. The highest BCUT2D eigenvalue weighted by Crippen LogP contribution is 2.27. The Labute approximate surface area is 115 Å². The van der Waals surface area contributed by atoms with Crippen LogP contribution < -0.4 is 5.32 Å². The Balaban J connectivity index is 3.08. The number of hydrogen-bond donors (Lipinski definition) is 1. The highest BCUT2D eigenvalue weighted by Gasteiger charge is 2.24. The van der Waals surface area contributed by atoms with Gasteiger partial charge in [0.2, 0.25) is 0 Å². The summed E-state index contributed by atoms with van der Waals surface area (Å²) < 4.78 is 5.66. The molecule has 1 unspecified atom stereocenters. The Hall–Kier alpha value is -0.580. The second kappa shape index (κ2) is 6.38. The second-order valence-electron chi connectivity index (χ2n) is 3.94. The Morgan fingerprint density at radius 3 is 2.59 bits per heavy atom. The van der Waals surface area contributed by atoms with E-state index in [2.05, 4.69) is 21.2 Å². The van der Waals surface area contributed by atoms with Gasteiger partial charge < -0.3 is 4.74 Å². The number of carbonyl (C=O) groups excluding carboxylic acids is 1. The number of methoxy groups -OCH3 is 1. The molecule has 1 atom stereocenters. The van der Waals surface area contributed by atoms with Crippen LogP contribution in [0.5, 0.6) is 0 Å². The van der Waals surface area contributed by atoms with Gasteiger partial charge in [0, 0.05) is 15.5 Å². The topological polar surface area (TPSA) is 38.3 Å². The van der Waals surface area contributed by atoms with Crippen molar-refractivity contribution in [1.29, 1.82) is 0 Å². The van der Waals surface area contributed by atoms with Crippen LogP contribution in [-0.4, -0.2) is 19.1 Å². The molecule has 17 heavy (non-hydrogen) atoms. The van der Waals surface area contributed by atoms with E-state index in [-0.39, 0.29) is 12.0 Å². The number of benzene rings is 1. The summed E-state index contributed by atoms with van der Waals surface area (Å²) in [4.78, 5) is 11.7. The zero-order valence-corrected chi connectivity index (χ0v) is 12.3. The molecule has 1 N–H and O–H groups in total. The van der Waals surface area contributed by atoms with Gasteiger partial charge in [-0.3, -0.25) is 5.32 Å². The Morgan fingerprint density at radius 1 is 1.47 bits per heavy atom.